The molecule has 0 spiro atoms. The molecule has 0 saturated heterocycles. The van der Waals surface area contributed by atoms with Crippen LogP contribution in [0.25, 0.3) is 88.0 Å². The van der Waals surface area contributed by atoms with Crippen LogP contribution in [0.4, 0.5) is 0 Å². The van der Waals surface area contributed by atoms with Crippen molar-refractivity contribution in [3.8, 4) is 44.5 Å². The Morgan fingerprint density at radius 2 is 0.756 bits per heavy atom. The molecule has 0 aliphatic rings. The van der Waals surface area contributed by atoms with E-state index in [1.807, 2.05) is 0 Å². The largest absolute Gasteiger partial charge is 0.455 e. The van der Waals surface area contributed by atoms with E-state index >= 15 is 0 Å². The van der Waals surface area contributed by atoms with Gasteiger partial charge < -0.3 is 4.42 Å². The van der Waals surface area contributed by atoms with E-state index in [4.69, 9.17) is 30.5 Å². The Morgan fingerprint density at radius 1 is 0.333 bits per heavy atom. The standard InChI is InChI=1S/C44H28O/c1-3-13-29(14-4-1)34-22-11-23-39-43-33(21-12-24-40(43)45-44(34)39)30-25-27-32(28-26-30)42-37-19-9-7-17-35(37)41(31-15-5-2-6-16-31)36-18-8-10-20-38(36)42/h1-28H/i1D,2D,3D,4D,5D,6D,7D,8D,9D,10D,11D,12D,13D,14D,15D,16D,17D,18D,19D,20D,21D,22D,23D,24D,25D,26D,27D,28D. The number of rotatable bonds is 4. The lowest BCUT2D eigenvalue weighted by molar-refractivity contribution is 0.670. The maximum absolute atomic E-state index is 9.61. The van der Waals surface area contributed by atoms with Crippen LogP contribution in [0, 0.1) is 0 Å². The molecular weight excluding hydrogens is 544 g/mol. The quantitative estimate of drug-likeness (QED) is 0.183. The molecule has 0 radical (unpaired) electrons. The highest BCUT2D eigenvalue weighted by Crippen LogP contribution is 2.45. The lowest BCUT2D eigenvalue weighted by Gasteiger charge is -2.18. The Morgan fingerprint density at radius 3 is 1.36 bits per heavy atom. The third-order valence-electron chi connectivity index (χ3n) is 7.12. The minimum absolute atomic E-state index is 0.566. The highest BCUT2D eigenvalue weighted by Gasteiger charge is 2.18. The average molecular weight is 601 g/mol. The van der Waals surface area contributed by atoms with Crippen LogP contribution in [-0.2, 0) is 0 Å². The summed E-state index contributed by atoms with van der Waals surface area (Å²) in [6, 6.07) is -26.6. The summed E-state index contributed by atoms with van der Waals surface area (Å²) in [7, 11) is 0. The minimum Gasteiger partial charge on any atom is -0.455 e. The van der Waals surface area contributed by atoms with Gasteiger partial charge in [-0.15, -0.1) is 0 Å². The first kappa shape index (κ1) is 10.1. The van der Waals surface area contributed by atoms with E-state index in [9.17, 15) is 12.3 Å². The van der Waals surface area contributed by atoms with E-state index in [1.54, 1.807) is 0 Å². The Bertz CT molecular complexity index is 3950. The second kappa shape index (κ2) is 10.4. The van der Waals surface area contributed by atoms with Gasteiger partial charge in [-0.05, 0) is 66.5 Å². The first-order chi connectivity index (χ1) is 34.0. The van der Waals surface area contributed by atoms with Crippen molar-refractivity contribution in [2.75, 3.05) is 0 Å². The van der Waals surface area contributed by atoms with Crippen molar-refractivity contribution in [3.05, 3.63) is 169 Å². The summed E-state index contributed by atoms with van der Waals surface area (Å²) in [4.78, 5) is 0. The van der Waals surface area contributed by atoms with Gasteiger partial charge in [-0.2, -0.15) is 0 Å². The molecule has 210 valence electrons. The summed E-state index contributed by atoms with van der Waals surface area (Å²) in [5.41, 5.74) is -7.28. The molecule has 0 saturated carbocycles. The second-order valence-corrected chi connectivity index (χ2v) is 9.51. The molecule has 0 atom stereocenters. The van der Waals surface area contributed by atoms with Crippen LogP contribution >= 0.6 is 0 Å². The van der Waals surface area contributed by atoms with Crippen LogP contribution in [0.1, 0.15) is 38.4 Å². The minimum atomic E-state index is -1.11. The van der Waals surface area contributed by atoms with Gasteiger partial charge in [0.2, 0.25) is 0 Å². The predicted octanol–water partition coefficient (Wildman–Crippen LogP) is 12.6. The molecule has 1 heteroatoms. The van der Waals surface area contributed by atoms with Gasteiger partial charge in [-0.25, -0.2) is 0 Å². The molecule has 8 aromatic carbocycles. The van der Waals surface area contributed by atoms with Gasteiger partial charge in [-0.3, -0.25) is 0 Å². The van der Waals surface area contributed by atoms with Crippen molar-refractivity contribution in [3.63, 3.8) is 0 Å². The van der Waals surface area contributed by atoms with Crippen LogP contribution < -0.4 is 0 Å². The van der Waals surface area contributed by atoms with Crippen LogP contribution in [0.15, 0.2) is 174 Å². The van der Waals surface area contributed by atoms with Gasteiger partial charge in [0.1, 0.15) is 11.2 Å². The number of hydrogen-bond donors (Lipinski definition) is 0. The lowest BCUT2D eigenvalue weighted by Crippen LogP contribution is -1.90. The van der Waals surface area contributed by atoms with Gasteiger partial charge in [0.05, 0.1) is 38.4 Å². The smallest absolute Gasteiger partial charge is 0.143 e. The summed E-state index contributed by atoms with van der Waals surface area (Å²) >= 11 is 0. The first-order valence-electron chi connectivity index (χ1n) is 27.2. The monoisotopic (exact) mass is 600 g/mol. The van der Waals surface area contributed by atoms with Crippen LogP contribution in [0.3, 0.4) is 0 Å². The predicted molar refractivity (Wildman–Crippen MR) is 190 cm³/mol. The summed E-state index contributed by atoms with van der Waals surface area (Å²) in [5.74, 6) is 0. The summed E-state index contributed by atoms with van der Waals surface area (Å²) in [6.07, 6.45) is 0. The molecular formula is C44H28O. The van der Waals surface area contributed by atoms with E-state index in [2.05, 4.69) is 0 Å². The summed E-state index contributed by atoms with van der Waals surface area (Å²) in [5, 5.41) is -4.01. The SMILES string of the molecule is [2H]c1c([2H])c([2H])c(-c2c([2H])c([2H])c([2H])c3c2oc2c([2H])c([2H])c([2H])c(-c4c([2H])c([2H])c(-c5c6c([2H])c([2H])c([2H])c([2H])c6c(-c6c([2H])c([2H])c([2H])c([2H])c6[2H])c6c([2H])c([2H])c([2H])c([2H])c56)c([2H])c4[2H])c23)c([2H])c1[2H]. The molecule has 0 bridgehead atoms. The number of fused-ring (bicyclic) bond motifs is 5. The summed E-state index contributed by atoms with van der Waals surface area (Å²) < 4.78 is 255. The van der Waals surface area contributed by atoms with Gasteiger partial charge in [0, 0.05) is 16.3 Å². The zero-order valence-corrected chi connectivity index (χ0v) is 22.4. The molecule has 0 fully saturated rings. The Hall–Kier alpha value is -5.92. The van der Waals surface area contributed by atoms with Crippen molar-refractivity contribution in [2.45, 2.75) is 0 Å². The summed E-state index contributed by atoms with van der Waals surface area (Å²) in [6.45, 7) is 0. The highest BCUT2D eigenvalue weighted by molar-refractivity contribution is 6.21. The molecule has 0 aliphatic carbocycles. The number of para-hydroxylation sites is 1. The first-order valence-corrected chi connectivity index (χ1v) is 13.2. The fraction of sp³-hybridized carbons (Fsp3) is 0. The third kappa shape index (κ3) is 4.09. The fourth-order valence-corrected chi connectivity index (χ4v) is 5.28. The number of benzene rings is 8. The molecule has 0 N–H and O–H groups in total. The maximum Gasteiger partial charge on any atom is 0.143 e. The van der Waals surface area contributed by atoms with E-state index in [-0.39, 0.29) is 0 Å². The molecule has 9 aromatic rings. The zero-order valence-electron chi connectivity index (χ0n) is 50.4. The molecule has 1 nitrogen and oxygen atoms in total. The fourth-order valence-electron chi connectivity index (χ4n) is 5.28. The second-order valence-electron chi connectivity index (χ2n) is 9.51. The van der Waals surface area contributed by atoms with Crippen LogP contribution in [-0.4, -0.2) is 0 Å². The zero-order chi connectivity index (χ0) is 54.1. The van der Waals surface area contributed by atoms with Gasteiger partial charge in [0.15, 0.2) is 0 Å². The molecule has 0 aliphatic heterocycles. The molecule has 9 rings (SSSR count). The molecule has 1 aromatic heterocycles. The topological polar surface area (TPSA) is 13.1 Å². The number of hydrogen-bond acceptors (Lipinski definition) is 1. The van der Waals surface area contributed by atoms with Crippen molar-refractivity contribution in [2.24, 2.45) is 0 Å². The average Bonchev–Trinajstić information content (AvgIpc) is 3.76. The van der Waals surface area contributed by atoms with Gasteiger partial charge >= 0.3 is 0 Å². The van der Waals surface area contributed by atoms with Gasteiger partial charge in [0.25, 0.3) is 0 Å². The van der Waals surface area contributed by atoms with Crippen LogP contribution in [0.5, 0.6) is 0 Å². The van der Waals surface area contributed by atoms with E-state index in [1.165, 1.54) is 0 Å². The van der Waals surface area contributed by atoms with Crippen molar-refractivity contribution >= 4 is 43.5 Å². The van der Waals surface area contributed by atoms with Crippen molar-refractivity contribution < 1.29 is 42.8 Å². The van der Waals surface area contributed by atoms with Crippen molar-refractivity contribution in [1.82, 2.24) is 0 Å². The third-order valence-corrected chi connectivity index (χ3v) is 7.12. The van der Waals surface area contributed by atoms with E-state index < -0.39 is 257 Å². The molecule has 0 unspecified atom stereocenters. The van der Waals surface area contributed by atoms with Gasteiger partial charge in [-0.1, -0.05) is 163 Å². The molecule has 0 amide bonds. The highest BCUT2D eigenvalue weighted by atomic mass is 16.3. The molecule has 45 heavy (non-hydrogen) atoms. The lowest BCUT2D eigenvalue weighted by atomic mass is 9.85. The Kier molecular flexibility index (Phi) is 2.32. The van der Waals surface area contributed by atoms with E-state index in [0.717, 1.165) is 0 Å². The normalized spacial score (nSPS) is 20.3. The number of furan rings is 1. The Labute approximate surface area is 301 Å². The molecule has 1 heterocycles. The van der Waals surface area contributed by atoms with Crippen LogP contribution in [0.2, 0.25) is 0 Å². The van der Waals surface area contributed by atoms with E-state index in [0.29, 0.717) is 0 Å². The Balaban J connectivity index is 1.52. The maximum atomic E-state index is 9.61. The van der Waals surface area contributed by atoms with Crippen molar-refractivity contribution in [1.29, 1.82) is 0 Å².